The number of carbonyl (C=O) groups is 1. The Kier molecular flexibility index (Phi) is 6.76. The molecule has 1 unspecified atom stereocenters. The smallest absolute Gasteiger partial charge is 0.315 e. The summed E-state index contributed by atoms with van der Waals surface area (Å²) in [4.78, 5) is 14.2. The van der Waals surface area contributed by atoms with E-state index in [1.807, 2.05) is 20.8 Å². The van der Waals surface area contributed by atoms with Gasteiger partial charge in [0, 0.05) is 25.7 Å². The van der Waals surface area contributed by atoms with Gasteiger partial charge in [-0.2, -0.15) is 0 Å². The molecule has 0 radical (unpaired) electrons. The summed E-state index contributed by atoms with van der Waals surface area (Å²) in [5, 5.41) is 15.6. The Morgan fingerprint density at radius 1 is 1.35 bits per heavy atom. The molecule has 118 valence electrons. The van der Waals surface area contributed by atoms with E-state index in [0.717, 1.165) is 32.5 Å². The van der Waals surface area contributed by atoms with Crippen LogP contribution < -0.4 is 10.6 Å². The highest BCUT2D eigenvalue weighted by Gasteiger charge is 2.23. The zero-order valence-electron chi connectivity index (χ0n) is 13.4. The minimum atomic E-state index is -0.528. The van der Waals surface area contributed by atoms with Crippen LogP contribution in [0.5, 0.6) is 0 Å². The molecule has 20 heavy (non-hydrogen) atoms. The third-order valence-electron chi connectivity index (χ3n) is 3.92. The fraction of sp³-hybridized carbons (Fsp3) is 0.933. The number of aliphatic hydroxyl groups excluding tert-OH is 1. The minimum absolute atomic E-state index is 0.165. The first-order chi connectivity index (χ1) is 9.32. The van der Waals surface area contributed by atoms with Crippen molar-refractivity contribution in [3.63, 3.8) is 0 Å². The molecule has 5 nitrogen and oxygen atoms in total. The molecule has 0 spiro atoms. The molecule has 1 aliphatic heterocycles. The summed E-state index contributed by atoms with van der Waals surface area (Å²) in [6.45, 7) is 11.6. The zero-order chi connectivity index (χ0) is 15.2. The Balaban J connectivity index is 2.20. The van der Waals surface area contributed by atoms with Gasteiger partial charge < -0.3 is 20.6 Å². The fourth-order valence-electron chi connectivity index (χ4n) is 2.35. The minimum Gasteiger partial charge on any atom is -0.391 e. The molecule has 2 amide bonds. The van der Waals surface area contributed by atoms with Gasteiger partial charge >= 0.3 is 6.03 Å². The first-order valence-electron chi connectivity index (χ1n) is 7.77. The van der Waals surface area contributed by atoms with Gasteiger partial charge in [-0.15, -0.1) is 0 Å². The maximum Gasteiger partial charge on any atom is 0.315 e. The van der Waals surface area contributed by atoms with Crippen LogP contribution in [0.2, 0.25) is 0 Å². The number of piperidine rings is 1. The molecule has 1 rings (SSSR count). The lowest BCUT2D eigenvalue weighted by atomic mass is 9.89. The van der Waals surface area contributed by atoms with E-state index in [1.54, 1.807) is 0 Å². The van der Waals surface area contributed by atoms with E-state index in [4.69, 9.17) is 0 Å². The van der Waals surface area contributed by atoms with Crippen LogP contribution in [0.1, 0.15) is 47.0 Å². The van der Waals surface area contributed by atoms with E-state index in [1.165, 1.54) is 6.42 Å². The van der Waals surface area contributed by atoms with Crippen molar-refractivity contribution in [2.45, 2.75) is 59.1 Å². The van der Waals surface area contributed by atoms with Crippen LogP contribution in [0.25, 0.3) is 0 Å². The number of amides is 2. The van der Waals surface area contributed by atoms with Crippen molar-refractivity contribution in [1.82, 2.24) is 15.5 Å². The summed E-state index contributed by atoms with van der Waals surface area (Å²) in [5.74, 6) is 0. The molecule has 1 aliphatic rings. The molecule has 0 aromatic carbocycles. The third-order valence-corrected chi connectivity index (χ3v) is 3.92. The molecule has 1 heterocycles. The first kappa shape index (κ1) is 17.2. The van der Waals surface area contributed by atoms with Crippen LogP contribution in [0.3, 0.4) is 0 Å². The maximum atomic E-state index is 11.8. The Labute approximate surface area is 123 Å². The van der Waals surface area contributed by atoms with Gasteiger partial charge in [0.05, 0.1) is 6.10 Å². The lowest BCUT2D eigenvalue weighted by molar-refractivity contribution is 0.0647. The van der Waals surface area contributed by atoms with E-state index >= 15 is 0 Å². The van der Waals surface area contributed by atoms with Gasteiger partial charge in [-0.25, -0.2) is 4.79 Å². The standard InChI is InChI=1S/C15H31N3O2/c1-5-8-18-9-6-12(7-10-18)17-14(20)16-11-13(19)15(2,3)4/h12-13,19H,5-11H2,1-4H3,(H2,16,17,20). The number of hydrogen-bond acceptors (Lipinski definition) is 3. The largest absolute Gasteiger partial charge is 0.391 e. The van der Waals surface area contributed by atoms with Gasteiger partial charge in [0.25, 0.3) is 0 Å². The molecular formula is C15H31N3O2. The molecule has 0 aliphatic carbocycles. The van der Waals surface area contributed by atoms with Crippen molar-refractivity contribution >= 4 is 6.03 Å². The quantitative estimate of drug-likeness (QED) is 0.718. The highest BCUT2D eigenvalue weighted by Crippen LogP contribution is 2.18. The van der Waals surface area contributed by atoms with Gasteiger partial charge in [0.2, 0.25) is 0 Å². The van der Waals surface area contributed by atoms with Crippen LogP contribution >= 0.6 is 0 Å². The van der Waals surface area contributed by atoms with Crippen molar-refractivity contribution in [3.8, 4) is 0 Å². The molecule has 0 aromatic rings. The topological polar surface area (TPSA) is 64.6 Å². The van der Waals surface area contributed by atoms with Crippen molar-refractivity contribution in [1.29, 1.82) is 0 Å². The number of likely N-dealkylation sites (tertiary alicyclic amines) is 1. The fourth-order valence-corrected chi connectivity index (χ4v) is 2.35. The molecule has 1 saturated heterocycles. The number of aliphatic hydroxyl groups is 1. The van der Waals surface area contributed by atoms with Gasteiger partial charge in [-0.1, -0.05) is 27.7 Å². The Hall–Kier alpha value is -0.810. The molecule has 5 heteroatoms. The van der Waals surface area contributed by atoms with Crippen LogP contribution in [0.15, 0.2) is 0 Å². The van der Waals surface area contributed by atoms with E-state index in [2.05, 4.69) is 22.5 Å². The second-order valence-corrected chi connectivity index (χ2v) is 6.85. The summed E-state index contributed by atoms with van der Waals surface area (Å²) in [6, 6.07) is 0.0946. The van der Waals surface area contributed by atoms with Crippen LogP contribution in [0, 0.1) is 5.41 Å². The van der Waals surface area contributed by atoms with Crippen molar-refractivity contribution < 1.29 is 9.90 Å². The van der Waals surface area contributed by atoms with E-state index < -0.39 is 6.10 Å². The second-order valence-electron chi connectivity index (χ2n) is 6.85. The van der Waals surface area contributed by atoms with Gasteiger partial charge in [-0.3, -0.25) is 0 Å². The first-order valence-corrected chi connectivity index (χ1v) is 7.77. The monoisotopic (exact) mass is 285 g/mol. The van der Waals surface area contributed by atoms with E-state index in [0.29, 0.717) is 6.54 Å². The molecule has 0 aromatic heterocycles. The summed E-state index contributed by atoms with van der Waals surface area (Å²) < 4.78 is 0. The predicted octanol–water partition coefficient (Wildman–Crippen LogP) is 1.57. The second kappa shape index (κ2) is 7.84. The van der Waals surface area contributed by atoms with Crippen LogP contribution in [-0.4, -0.2) is 54.4 Å². The summed E-state index contributed by atoms with van der Waals surface area (Å²) >= 11 is 0. The van der Waals surface area contributed by atoms with Crippen molar-refractivity contribution in [3.05, 3.63) is 0 Å². The SMILES string of the molecule is CCCN1CCC(NC(=O)NCC(O)C(C)(C)C)CC1. The normalized spacial score (nSPS) is 19.6. The highest BCUT2D eigenvalue weighted by molar-refractivity contribution is 5.74. The molecule has 1 fully saturated rings. The summed E-state index contributed by atoms with van der Waals surface area (Å²) in [6.07, 6.45) is 2.67. The number of nitrogens with zero attached hydrogens (tertiary/aromatic N) is 1. The maximum absolute atomic E-state index is 11.8. The lowest BCUT2D eigenvalue weighted by Crippen LogP contribution is -2.50. The van der Waals surface area contributed by atoms with Crippen LogP contribution in [0.4, 0.5) is 4.79 Å². The predicted molar refractivity (Wildman–Crippen MR) is 81.7 cm³/mol. The zero-order valence-corrected chi connectivity index (χ0v) is 13.4. The number of hydrogen-bond donors (Lipinski definition) is 3. The van der Waals surface area contributed by atoms with E-state index in [-0.39, 0.29) is 17.5 Å². The number of carbonyl (C=O) groups excluding carboxylic acids is 1. The molecule has 0 saturated carbocycles. The average molecular weight is 285 g/mol. The van der Waals surface area contributed by atoms with Crippen molar-refractivity contribution in [2.24, 2.45) is 5.41 Å². The summed E-state index contributed by atoms with van der Waals surface area (Å²) in [5.41, 5.74) is -0.210. The number of rotatable bonds is 5. The number of urea groups is 1. The van der Waals surface area contributed by atoms with Gasteiger partial charge in [-0.05, 0) is 31.2 Å². The Morgan fingerprint density at radius 3 is 2.45 bits per heavy atom. The van der Waals surface area contributed by atoms with Crippen molar-refractivity contribution in [2.75, 3.05) is 26.2 Å². The summed E-state index contributed by atoms with van der Waals surface area (Å²) in [7, 11) is 0. The molecular weight excluding hydrogens is 254 g/mol. The molecule has 1 atom stereocenters. The molecule has 3 N–H and O–H groups in total. The van der Waals surface area contributed by atoms with Gasteiger partial charge in [0.15, 0.2) is 0 Å². The van der Waals surface area contributed by atoms with E-state index in [9.17, 15) is 9.90 Å². The average Bonchev–Trinajstić information content (AvgIpc) is 2.37. The lowest BCUT2D eigenvalue weighted by Gasteiger charge is -2.32. The Morgan fingerprint density at radius 2 is 1.95 bits per heavy atom. The van der Waals surface area contributed by atoms with Gasteiger partial charge in [0.1, 0.15) is 0 Å². The molecule has 0 bridgehead atoms. The highest BCUT2D eigenvalue weighted by atomic mass is 16.3. The number of nitrogens with one attached hydrogen (secondary N) is 2. The van der Waals surface area contributed by atoms with Crippen LogP contribution in [-0.2, 0) is 0 Å². The Bertz CT molecular complexity index is 294. The third kappa shape index (κ3) is 6.09.